The fraction of sp³-hybridized carbons (Fsp3) is 0.385. The van der Waals surface area contributed by atoms with Crippen LogP contribution in [0.5, 0.6) is 0 Å². The van der Waals surface area contributed by atoms with Crippen LogP contribution in [0.4, 0.5) is 10.5 Å². The number of nitrogens with zero attached hydrogens (tertiary/aromatic N) is 1. The lowest BCUT2D eigenvalue weighted by atomic mass is 9.99. The average molecular weight is 264 g/mol. The van der Waals surface area contributed by atoms with Gasteiger partial charge in [-0.1, -0.05) is 18.2 Å². The van der Waals surface area contributed by atoms with Gasteiger partial charge in [-0.3, -0.25) is 4.90 Å². The van der Waals surface area contributed by atoms with Crippen LogP contribution in [0.1, 0.15) is 6.42 Å². The van der Waals surface area contributed by atoms with Crippen LogP contribution >= 0.6 is 0 Å². The summed E-state index contributed by atoms with van der Waals surface area (Å²) in [4.78, 5) is 24.8. The monoisotopic (exact) mass is 264 g/mol. The minimum atomic E-state index is -1.32. The highest BCUT2D eigenvalue weighted by Gasteiger charge is 2.44. The molecule has 6 heteroatoms. The maximum absolute atomic E-state index is 12.1. The maximum Gasteiger partial charge on any atom is 0.332 e. The van der Waals surface area contributed by atoms with Gasteiger partial charge >= 0.3 is 12.0 Å². The minimum Gasteiger partial charge on any atom is -0.479 e. The Kier molecular flexibility index (Phi) is 3.71. The van der Waals surface area contributed by atoms with E-state index in [0.717, 1.165) is 0 Å². The Morgan fingerprint density at radius 1 is 1.37 bits per heavy atom. The van der Waals surface area contributed by atoms with Gasteiger partial charge in [-0.25, -0.2) is 9.59 Å². The first-order valence-electron chi connectivity index (χ1n) is 5.97. The van der Waals surface area contributed by atoms with Crippen molar-refractivity contribution in [3.63, 3.8) is 0 Å². The number of carboxylic acids is 1. The zero-order valence-electron chi connectivity index (χ0n) is 10.6. The van der Waals surface area contributed by atoms with Crippen molar-refractivity contribution in [3.8, 4) is 0 Å². The third-order valence-electron chi connectivity index (χ3n) is 3.23. The predicted octanol–water partition coefficient (Wildman–Crippen LogP) is 1.08. The number of urea groups is 1. The number of hydrogen-bond donors (Lipinski definition) is 2. The highest BCUT2D eigenvalue weighted by Crippen LogP contribution is 2.20. The summed E-state index contributed by atoms with van der Waals surface area (Å²) in [5.41, 5.74) is -0.625. The largest absolute Gasteiger partial charge is 0.479 e. The number of anilines is 1. The lowest BCUT2D eigenvalue weighted by Gasteiger charge is -2.27. The first kappa shape index (κ1) is 13.4. The first-order valence-corrected chi connectivity index (χ1v) is 5.97. The van der Waals surface area contributed by atoms with Crippen molar-refractivity contribution in [1.82, 2.24) is 5.32 Å². The SMILES string of the molecule is CN(C(=O)NC1(C(=O)O)CCOC1)c1ccccc1. The third kappa shape index (κ3) is 2.68. The number of rotatable bonds is 3. The van der Waals surface area contributed by atoms with E-state index in [2.05, 4.69) is 5.32 Å². The topological polar surface area (TPSA) is 78.9 Å². The molecule has 0 radical (unpaired) electrons. The number of carboxylic acid groups (broad SMARTS) is 1. The van der Waals surface area contributed by atoms with E-state index < -0.39 is 17.5 Å². The molecule has 1 fully saturated rings. The molecular formula is C13H16N2O4. The van der Waals surface area contributed by atoms with Crippen molar-refractivity contribution in [1.29, 1.82) is 0 Å². The molecule has 6 nitrogen and oxygen atoms in total. The lowest BCUT2D eigenvalue weighted by Crippen LogP contribution is -2.58. The maximum atomic E-state index is 12.1. The zero-order valence-corrected chi connectivity index (χ0v) is 10.6. The second-order valence-electron chi connectivity index (χ2n) is 4.51. The third-order valence-corrected chi connectivity index (χ3v) is 3.23. The molecule has 1 saturated heterocycles. The summed E-state index contributed by atoms with van der Waals surface area (Å²) in [6, 6.07) is 8.56. The molecule has 2 N–H and O–H groups in total. The number of para-hydroxylation sites is 1. The molecule has 1 aromatic rings. The van der Waals surface area contributed by atoms with Crippen LogP contribution in [0.2, 0.25) is 0 Å². The van der Waals surface area contributed by atoms with Crippen LogP contribution in [0.25, 0.3) is 0 Å². The Morgan fingerprint density at radius 2 is 2.05 bits per heavy atom. The van der Waals surface area contributed by atoms with Crippen molar-refractivity contribution in [2.75, 3.05) is 25.2 Å². The summed E-state index contributed by atoms with van der Waals surface area (Å²) in [5, 5.41) is 11.8. The summed E-state index contributed by atoms with van der Waals surface area (Å²) in [6.07, 6.45) is 0.275. The van der Waals surface area contributed by atoms with E-state index in [1.54, 1.807) is 19.2 Å². The molecule has 0 aliphatic carbocycles. The van der Waals surface area contributed by atoms with Crippen LogP contribution in [0.3, 0.4) is 0 Å². The van der Waals surface area contributed by atoms with Gasteiger partial charge in [0.05, 0.1) is 6.61 Å². The standard InChI is InChI=1S/C13H16N2O4/c1-15(10-5-3-2-4-6-10)12(18)14-13(11(16)17)7-8-19-9-13/h2-6H,7-9H2,1H3,(H,14,18)(H,16,17). The molecule has 1 aliphatic heterocycles. The van der Waals surface area contributed by atoms with Crippen molar-refractivity contribution in [3.05, 3.63) is 30.3 Å². The number of nitrogens with one attached hydrogen (secondary N) is 1. The van der Waals surface area contributed by atoms with Gasteiger partial charge in [0.2, 0.25) is 0 Å². The minimum absolute atomic E-state index is 0.00327. The molecular weight excluding hydrogens is 248 g/mol. The summed E-state index contributed by atoms with van der Waals surface area (Å²) < 4.78 is 5.09. The number of benzene rings is 1. The molecule has 102 valence electrons. The normalized spacial score (nSPS) is 21.9. The van der Waals surface area contributed by atoms with Crippen molar-refractivity contribution in [2.45, 2.75) is 12.0 Å². The van der Waals surface area contributed by atoms with Gasteiger partial charge in [0.1, 0.15) is 0 Å². The molecule has 0 saturated carbocycles. The van der Waals surface area contributed by atoms with Crippen LogP contribution in [-0.4, -0.2) is 42.9 Å². The van der Waals surface area contributed by atoms with Crippen LogP contribution in [-0.2, 0) is 9.53 Å². The number of carbonyl (C=O) groups is 2. The van der Waals surface area contributed by atoms with E-state index >= 15 is 0 Å². The molecule has 1 aromatic carbocycles. The van der Waals surface area contributed by atoms with Crippen LogP contribution in [0.15, 0.2) is 30.3 Å². The highest BCUT2D eigenvalue weighted by molar-refractivity contribution is 5.95. The molecule has 19 heavy (non-hydrogen) atoms. The fourth-order valence-corrected chi connectivity index (χ4v) is 1.94. The average Bonchev–Trinajstić information content (AvgIpc) is 2.88. The number of ether oxygens (including phenoxy) is 1. The van der Waals surface area contributed by atoms with Gasteiger partial charge < -0.3 is 15.2 Å². The molecule has 0 aromatic heterocycles. The van der Waals surface area contributed by atoms with Gasteiger partial charge in [-0.05, 0) is 12.1 Å². The molecule has 0 bridgehead atoms. The molecule has 2 amide bonds. The summed E-state index contributed by atoms with van der Waals surface area (Å²) in [6.45, 7) is 0.332. The van der Waals surface area contributed by atoms with Crippen molar-refractivity contribution < 1.29 is 19.4 Å². The number of hydrogen-bond acceptors (Lipinski definition) is 3. The molecule has 0 spiro atoms. The van der Waals surface area contributed by atoms with Crippen LogP contribution < -0.4 is 10.2 Å². The molecule has 1 unspecified atom stereocenters. The Morgan fingerprint density at radius 3 is 2.58 bits per heavy atom. The van der Waals surface area contributed by atoms with E-state index in [0.29, 0.717) is 12.3 Å². The number of aliphatic carboxylic acids is 1. The summed E-state index contributed by atoms with van der Waals surface area (Å²) in [7, 11) is 1.59. The van der Waals surface area contributed by atoms with E-state index in [1.807, 2.05) is 18.2 Å². The summed E-state index contributed by atoms with van der Waals surface area (Å²) in [5.74, 6) is -1.07. The van der Waals surface area contributed by atoms with E-state index in [9.17, 15) is 14.7 Å². The van der Waals surface area contributed by atoms with E-state index in [4.69, 9.17) is 4.74 Å². The van der Waals surface area contributed by atoms with Gasteiger partial charge in [0.25, 0.3) is 0 Å². The predicted molar refractivity (Wildman–Crippen MR) is 69.2 cm³/mol. The Hall–Kier alpha value is -2.08. The molecule has 2 rings (SSSR count). The Bertz CT molecular complexity index is 469. The van der Waals surface area contributed by atoms with Gasteiger partial charge in [-0.2, -0.15) is 0 Å². The smallest absolute Gasteiger partial charge is 0.332 e. The zero-order chi connectivity index (χ0) is 13.9. The van der Waals surface area contributed by atoms with Gasteiger partial charge in [0.15, 0.2) is 5.54 Å². The quantitative estimate of drug-likeness (QED) is 0.856. The van der Waals surface area contributed by atoms with Crippen LogP contribution in [0, 0.1) is 0 Å². The molecule has 1 atom stereocenters. The van der Waals surface area contributed by atoms with Crippen molar-refractivity contribution in [2.24, 2.45) is 0 Å². The van der Waals surface area contributed by atoms with E-state index in [1.165, 1.54) is 4.90 Å². The Labute approximate surface area is 111 Å². The fourth-order valence-electron chi connectivity index (χ4n) is 1.94. The van der Waals surface area contributed by atoms with Crippen molar-refractivity contribution >= 4 is 17.7 Å². The first-order chi connectivity index (χ1) is 9.05. The second-order valence-corrected chi connectivity index (χ2v) is 4.51. The second kappa shape index (κ2) is 5.27. The Balaban J connectivity index is 2.10. The van der Waals surface area contributed by atoms with Gasteiger partial charge in [-0.15, -0.1) is 0 Å². The van der Waals surface area contributed by atoms with Gasteiger partial charge in [0, 0.05) is 25.8 Å². The lowest BCUT2D eigenvalue weighted by molar-refractivity contribution is -0.144. The van der Waals surface area contributed by atoms with E-state index in [-0.39, 0.29) is 13.0 Å². The molecule has 1 aliphatic rings. The number of carbonyl (C=O) groups excluding carboxylic acids is 1. The summed E-state index contributed by atoms with van der Waals surface area (Å²) >= 11 is 0. The number of amides is 2. The highest BCUT2D eigenvalue weighted by atomic mass is 16.5. The molecule has 1 heterocycles.